The monoisotopic (exact) mass is 341 g/mol. The zero-order valence-corrected chi connectivity index (χ0v) is 14.3. The standard InChI is InChI=1S/C18H23N5O2/c24-18(19-13-15-5-3-11-25-15)23-9-7-22(8-10-23)17-12-14-4-1-2-6-16(14)20-21-17/h3,5,11-12H,1-2,4,6-10,13H2,(H,19,24). The van der Waals surface area contributed by atoms with Crippen molar-refractivity contribution >= 4 is 11.8 Å². The highest BCUT2D eigenvalue weighted by molar-refractivity contribution is 5.74. The van der Waals surface area contributed by atoms with Crippen molar-refractivity contribution in [2.45, 2.75) is 32.2 Å². The van der Waals surface area contributed by atoms with Crippen LogP contribution in [0, 0.1) is 0 Å². The lowest BCUT2D eigenvalue weighted by Gasteiger charge is -2.35. The Morgan fingerprint density at radius 3 is 2.80 bits per heavy atom. The topological polar surface area (TPSA) is 74.5 Å². The minimum Gasteiger partial charge on any atom is -0.467 e. The molecule has 1 fully saturated rings. The van der Waals surface area contributed by atoms with E-state index in [1.807, 2.05) is 17.0 Å². The molecule has 0 radical (unpaired) electrons. The van der Waals surface area contributed by atoms with E-state index in [1.165, 1.54) is 18.4 Å². The molecular formula is C18H23N5O2. The Kier molecular flexibility index (Phi) is 4.54. The number of nitrogens with one attached hydrogen (secondary N) is 1. The number of fused-ring (bicyclic) bond motifs is 1. The molecular weight excluding hydrogens is 318 g/mol. The molecule has 7 heteroatoms. The van der Waals surface area contributed by atoms with E-state index >= 15 is 0 Å². The number of aromatic nitrogens is 2. The summed E-state index contributed by atoms with van der Waals surface area (Å²) in [5.41, 5.74) is 2.50. The van der Waals surface area contributed by atoms with Gasteiger partial charge in [0.05, 0.1) is 18.5 Å². The molecule has 0 saturated carbocycles. The molecule has 25 heavy (non-hydrogen) atoms. The second-order valence-electron chi connectivity index (χ2n) is 6.59. The molecule has 0 aromatic carbocycles. The Morgan fingerprint density at radius 1 is 1.16 bits per heavy atom. The van der Waals surface area contributed by atoms with Crippen LogP contribution in [0.1, 0.15) is 29.9 Å². The predicted molar refractivity (Wildman–Crippen MR) is 93.4 cm³/mol. The Labute approximate surface area is 147 Å². The first kappa shape index (κ1) is 15.9. The SMILES string of the molecule is O=C(NCc1ccco1)N1CCN(c2cc3c(nn2)CCCC3)CC1. The predicted octanol–water partition coefficient (Wildman–Crippen LogP) is 1.98. The van der Waals surface area contributed by atoms with Crippen molar-refractivity contribution in [3.8, 4) is 0 Å². The lowest BCUT2D eigenvalue weighted by molar-refractivity contribution is 0.193. The van der Waals surface area contributed by atoms with Crippen molar-refractivity contribution in [2.75, 3.05) is 31.1 Å². The number of anilines is 1. The van der Waals surface area contributed by atoms with Crippen molar-refractivity contribution in [3.05, 3.63) is 41.5 Å². The van der Waals surface area contributed by atoms with Gasteiger partial charge in [-0.2, -0.15) is 5.10 Å². The van der Waals surface area contributed by atoms with Gasteiger partial charge >= 0.3 is 6.03 Å². The number of aryl methyl sites for hydroxylation is 2. The number of piperazine rings is 1. The third-order valence-electron chi connectivity index (χ3n) is 4.94. The van der Waals surface area contributed by atoms with Crippen LogP contribution in [-0.2, 0) is 19.4 Å². The van der Waals surface area contributed by atoms with Gasteiger partial charge in [-0.1, -0.05) is 0 Å². The van der Waals surface area contributed by atoms with Crippen LogP contribution in [-0.4, -0.2) is 47.3 Å². The molecule has 0 spiro atoms. The fraction of sp³-hybridized carbons (Fsp3) is 0.500. The van der Waals surface area contributed by atoms with Crippen LogP contribution in [0.5, 0.6) is 0 Å². The van der Waals surface area contributed by atoms with E-state index < -0.39 is 0 Å². The highest BCUT2D eigenvalue weighted by Gasteiger charge is 2.23. The molecule has 0 bridgehead atoms. The van der Waals surface area contributed by atoms with Crippen LogP contribution in [0.4, 0.5) is 10.6 Å². The van der Waals surface area contributed by atoms with Gasteiger partial charge in [0.2, 0.25) is 0 Å². The van der Waals surface area contributed by atoms with Crippen LogP contribution in [0.15, 0.2) is 28.9 Å². The fourth-order valence-electron chi connectivity index (χ4n) is 3.46. The maximum absolute atomic E-state index is 12.3. The average molecular weight is 341 g/mol. The fourth-order valence-corrected chi connectivity index (χ4v) is 3.46. The summed E-state index contributed by atoms with van der Waals surface area (Å²) in [5, 5.41) is 11.7. The Balaban J connectivity index is 1.31. The van der Waals surface area contributed by atoms with Crippen LogP contribution in [0.2, 0.25) is 0 Å². The van der Waals surface area contributed by atoms with E-state index in [0.29, 0.717) is 19.6 Å². The number of rotatable bonds is 3. The second-order valence-corrected chi connectivity index (χ2v) is 6.59. The number of carbonyl (C=O) groups excluding carboxylic acids is 1. The van der Waals surface area contributed by atoms with Crippen LogP contribution >= 0.6 is 0 Å². The van der Waals surface area contributed by atoms with Crippen molar-refractivity contribution in [1.29, 1.82) is 0 Å². The van der Waals surface area contributed by atoms with E-state index in [9.17, 15) is 4.79 Å². The van der Waals surface area contributed by atoms with E-state index in [1.54, 1.807) is 6.26 Å². The lowest BCUT2D eigenvalue weighted by Crippen LogP contribution is -2.52. The van der Waals surface area contributed by atoms with Crippen molar-refractivity contribution in [2.24, 2.45) is 0 Å². The minimum atomic E-state index is -0.0485. The van der Waals surface area contributed by atoms with Gasteiger partial charge in [-0.05, 0) is 49.4 Å². The molecule has 1 aliphatic heterocycles. The maximum atomic E-state index is 12.3. The number of hydrogen-bond acceptors (Lipinski definition) is 5. The third kappa shape index (κ3) is 3.60. The highest BCUT2D eigenvalue weighted by Crippen LogP contribution is 2.22. The quantitative estimate of drug-likeness (QED) is 0.924. The number of nitrogens with zero attached hydrogens (tertiary/aromatic N) is 4. The Bertz CT molecular complexity index is 723. The number of amides is 2. The van der Waals surface area contributed by atoms with Crippen LogP contribution in [0.25, 0.3) is 0 Å². The molecule has 132 valence electrons. The van der Waals surface area contributed by atoms with E-state index in [4.69, 9.17) is 4.42 Å². The number of hydrogen-bond donors (Lipinski definition) is 1. The first-order valence-corrected chi connectivity index (χ1v) is 8.95. The van der Waals surface area contributed by atoms with Crippen molar-refractivity contribution < 1.29 is 9.21 Å². The molecule has 7 nitrogen and oxygen atoms in total. The average Bonchev–Trinajstić information content (AvgIpc) is 3.19. The molecule has 2 aromatic heterocycles. The molecule has 4 rings (SSSR count). The summed E-state index contributed by atoms with van der Waals surface area (Å²) in [6, 6.07) is 5.81. The molecule has 1 saturated heterocycles. The summed E-state index contributed by atoms with van der Waals surface area (Å²) in [6.45, 7) is 3.34. The minimum absolute atomic E-state index is 0.0485. The summed E-state index contributed by atoms with van der Waals surface area (Å²) in [4.78, 5) is 16.3. The van der Waals surface area contributed by atoms with Gasteiger partial charge in [0.1, 0.15) is 5.76 Å². The van der Waals surface area contributed by atoms with E-state index in [2.05, 4.69) is 26.5 Å². The number of carbonyl (C=O) groups is 1. The summed E-state index contributed by atoms with van der Waals surface area (Å²) in [6.07, 6.45) is 6.22. The van der Waals surface area contributed by atoms with Crippen LogP contribution in [0.3, 0.4) is 0 Å². The second kappa shape index (κ2) is 7.13. The van der Waals surface area contributed by atoms with Gasteiger partial charge in [-0.3, -0.25) is 0 Å². The lowest BCUT2D eigenvalue weighted by atomic mass is 9.97. The van der Waals surface area contributed by atoms with Crippen LogP contribution < -0.4 is 10.2 Å². The van der Waals surface area contributed by atoms with Gasteiger partial charge in [-0.15, -0.1) is 5.10 Å². The smallest absolute Gasteiger partial charge is 0.317 e. The molecule has 1 N–H and O–H groups in total. The van der Waals surface area contributed by atoms with Gasteiger partial charge in [0.15, 0.2) is 5.82 Å². The largest absolute Gasteiger partial charge is 0.467 e. The zero-order chi connectivity index (χ0) is 17.1. The summed E-state index contributed by atoms with van der Waals surface area (Å²) in [7, 11) is 0. The summed E-state index contributed by atoms with van der Waals surface area (Å²) < 4.78 is 5.23. The number of urea groups is 1. The van der Waals surface area contributed by atoms with Crippen molar-refractivity contribution in [3.63, 3.8) is 0 Å². The third-order valence-corrected chi connectivity index (χ3v) is 4.94. The molecule has 2 aromatic rings. The van der Waals surface area contributed by atoms with Crippen molar-refractivity contribution in [1.82, 2.24) is 20.4 Å². The van der Waals surface area contributed by atoms with Gasteiger partial charge in [-0.25, -0.2) is 4.79 Å². The van der Waals surface area contributed by atoms with Gasteiger partial charge in [0.25, 0.3) is 0 Å². The molecule has 1 aliphatic carbocycles. The summed E-state index contributed by atoms with van der Waals surface area (Å²) in [5.74, 6) is 1.70. The first-order valence-electron chi connectivity index (χ1n) is 8.95. The summed E-state index contributed by atoms with van der Waals surface area (Å²) >= 11 is 0. The first-order chi connectivity index (χ1) is 12.3. The molecule has 2 aliphatic rings. The maximum Gasteiger partial charge on any atom is 0.317 e. The Hall–Kier alpha value is -2.57. The molecule has 0 unspecified atom stereocenters. The van der Waals surface area contributed by atoms with E-state index in [-0.39, 0.29) is 6.03 Å². The molecule has 2 amide bonds. The van der Waals surface area contributed by atoms with Gasteiger partial charge < -0.3 is 19.5 Å². The van der Waals surface area contributed by atoms with Gasteiger partial charge in [0, 0.05) is 26.2 Å². The molecule has 0 atom stereocenters. The number of furan rings is 1. The highest BCUT2D eigenvalue weighted by atomic mass is 16.3. The van der Waals surface area contributed by atoms with E-state index in [0.717, 1.165) is 43.2 Å². The zero-order valence-electron chi connectivity index (χ0n) is 14.3. The molecule has 3 heterocycles. The Morgan fingerprint density at radius 2 is 2.00 bits per heavy atom. The normalized spacial score (nSPS) is 17.3.